The fraction of sp³-hybridized carbons (Fsp3) is 0.429. The van der Waals surface area contributed by atoms with Gasteiger partial charge in [0.1, 0.15) is 5.82 Å². The van der Waals surface area contributed by atoms with Crippen LogP contribution in [0.4, 0.5) is 0 Å². The average Bonchev–Trinajstić information content (AvgIpc) is 2.76. The van der Waals surface area contributed by atoms with Crippen molar-refractivity contribution in [3.63, 3.8) is 0 Å². The number of aromatic nitrogens is 2. The van der Waals surface area contributed by atoms with Crippen LogP contribution in [0.15, 0.2) is 18.2 Å². The lowest BCUT2D eigenvalue weighted by atomic mass is 10.2. The van der Waals surface area contributed by atoms with E-state index in [4.69, 9.17) is 9.84 Å². The van der Waals surface area contributed by atoms with Crippen LogP contribution in [0.25, 0.3) is 11.0 Å². The number of aryl methyl sites for hydroxylation is 2. The molecule has 0 aliphatic rings. The molecule has 5 heteroatoms. The predicted octanol–water partition coefficient (Wildman–Crippen LogP) is 2.33. The number of carboxylic acid groups (broad SMARTS) is 1. The summed E-state index contributed by atoms with van der Waals surface area (Å²) >= 11 is 0. The van der Waals surface area contributed by atoms with Crippen molar-refractivity contribution in [3.05, 3.63) is 29.6 Å². The second-order valence-corrected chi connectivity index (χ2v) is 4.39. The predicted molar refractivity (Wildman–Crippen MR) is 72.6 cm³/mol. The first-order valence-corrected chi connectivity index (χ1v) is 6.38. The number of methoxy groups -OCH3 is 1. The highest BCUT2D eigenvalue weighted by molar-refractivity contribution is 5.92. The van der Waals surface area contributed by atoms with E-state index in [1.54, 1.807) is 19.2 Å². The lowest BCUT2D eigenvalue weighted by Crippen LogP contribution is -2.05. The number of carboxylic acids is 1. The molecule has 19 heavy (non-hydrogen) atoms. The second kappa shape index (κ2) is 5.84. The topological polar surface area (TPSA) is 64.3 Å². The molecule has 0 spiro atoms. The van der Waals surface area contributed by atoms with Crippen LogP contribution < -0.4 is 0 Å². The highest BCUT2D eigenvalue weighted by Crippen LogP contribution is 2.19. The van der Waals surface area contributed by atoms with Gasteiger partial charge < -0.3 is 14.4 Å². The third kappa shape index (κ3) is 2.76. The van der Waals surface area contributed by atoms with Gasteiger partial charge >= 0.3 is 5.97 Å². The maximum atomic E-state index is 11.0. The molecular formula is C14H18N2O3. The maximum Gasteiger partial charge on any atom is 0.335 e. The largest absolute Gasteiger partial charge is 0.478 e. The maximum absolute atomic E-state index is 11.0. The van der Waals surface area contributed by atoms with E-state index in [1.807, 2.05) is 13.0 Å². The fourth-order valence-corrected chi connectivity index (χ4v) is 2.20. The molecule has 1 aromatic heterocycles. The summed E-state index contributed by atoms with van der Waals surface area (Å²) in [7, 11) is 1.69. The number of aromatic carboxylic acids is 1. The Morgan fingerprint density at radius 1 is 1.47 bits per heavy atom. The van der Waals surface area contributed by atoms with Crippen molar-refractivity contribution in [3.8, 4) is 0 Å². The Balaban J connectivity index is 2.40. The molecule has 102 valence electrons. The molecule has 0 unspecified atom stereocenters. The Kier molecular flexibility index (Phi) is 4.16. The van der Waals surface area contributed by atoms with Crippen LogP contribution in [0.2, 0.25) is 0 Å². The lowest BCUT2D eigenvalue weighted by Gasteiger charge is -2.07. The van der Waals surface area contributed by atoms with E-state index in [0.29, 0.717) is 6.61 Å². The summed E-state index contributed by atoms with van der Waals surface area (Å²) in [6, 6.07) is 5.08. The number of hydrogen-bond acceptors (Lipinski definition) is 3. The van der Waals surface area contributed by atoms with Crippen molar-refractivity contribution >= 4 is 17.0 Å². The number of imidazole rings is 1. The Hall–Kier alpha value is -1.88. The molecule has 0 radical (unpaired) electrons. The summed E-state index contributed by atoms with van der Waals surface area (Å²) in [5.74, 6) is 0.0579. The van der Waals surface area contributed by atoms with Crippen LogP contribution in [0, 0.1) is 0 Å². The van der Waals surface area contributed by atoms with E-state index in [9.17, 15) is 4.79 Å². The number of rotatable bonds is 6. The number of carbonyl (C=O) groups is 1. The van der Waals surface area contributed by atoms with Crippen LogP contribution >= 0.6 is 0 Å². The summed E-state index contributed by atoms with van der Waals surface area (Å²) in [5, 5.41) is 9.00. The van der Waals surface area contributed by atoms with E-state index in [0.717, 1.165) is 36.2 Å². The van der Waals surface area contributed by atoms with Crippen LogP contribution in [0.1, 0.15) is 29.5 Å². The third-order valence-corrected chi connectivity index (χ3v) is 3.12. The Labute approximate surface area is 111 Å². The summed E-state index contributed by atoms with van der Waals surface area (Å²) in [5.41, 5.74) is 2.00. The smallest absolute Gasteiger partial charge is 0.335 e. The van der Waals surface area contributed by atoms with Gasteiger partial charge in [0.15, 0.2) is 0 Å². The number of ether oxygens (including phenoxy) is 1. The van der Waals surface area contributed by atoms with Gasteiger partial charge in [-0.2, -0.15) is 0 Å². The molecule has 0 fully saturated rings. The van der Waals surface area contributed by atoms with Crippen molar-refractivity contribution in [2.75, 3.05) is 13.7 Å². The summed E-state index contributed by atoms with van der Waals surface area (Å²) in [4.78, 5) is 15.5. The summed E-state index contributed by atoms with van der Waals surface area (Å²) < 4.78 is 7.20. The molecule has 0 saturated heterocycles. The Bertz CT molecular complexity index is 590. The zero-order valence-corrected chi connectivity index (χ0v) is 11.2. The van der Waals surface area contributed by atoms with Gasteiger partial charge in [-0.05, 0) is 24.6 Å². The molecule has 0 aliphatic carbocycles. The van der Waals surface area contributed by atoms with Gasteiger partial charge in [0.2, 0.25) is 0 Å². The van der Waals surface area contributed by atoms with E-state index in [1.165, 1.54) is 0 Å². The van der Waals surface area contributed by atoms with E-state index in [2.05, 4.69) is 9.55 Å². The Morgan fingerprint density at radius 3 is 2.89 bits per heavy atom. The van der Waals surface area contributed by atoms with Crippen LogP contribution in [-0.2, 0) is 17.7 Å². The third-order valence-electron chi connectivity index (χ3n) is 3.12. The molecule has 0 aliphatic heterocycles. The molecule has 0 atom stereocenters. The van der Waals surface area contributed by atoms with Crippen molar-refractivity contribution < 1.29 is 14.6 Å². The molecular weight excluding hydrogens is 244 g/mol. The first kappa shape index (κ1) is 13.5. The van der Waals surface area contributed by atoms with Gasteiger partial charge in [-0.15, -0.1) is 0 Å². The molecule has 2 aromatic rings. The first-order valence-electron chi connectivity index (χ1n) is 6.38. The van der Waals surface area contributed by atoms with E-state index in [-0.39, 0.29) is 5.56 Å². The minimum atomic E-state index is -0.922. The molecule has 5 nitrogen and oxygen atoms in total. The monoisotopic (exact) mass is 262 g/mol. The van der Waals surface area contributed by atoms with Gasteiger partial charge in [-0.25, -0.2) is 9.78 Å². The SMILES string of the molecule is CCc1nc2cc(C(=O)O)ccc2n1CCCOC. The minimum absolute atomic E-state index is 0.275. The van der Waals surface area contributed by atoms with Crippen LogP contribution in [-0.4, -0.2) is 34.3 Å². The minimum Gasteiger partial charge on any atom is -0.478 e. The molecule has 2 rings (SSSR count). The molecule has 1 N–H and O–H groups in total. The average molecular weight is 262 g/mol. The molecule has 1 heterocycles. The lowest BCUT2D eigenvalue weighted by molar-refractivity contribution is 0.0697. The van der Waals surface area contributed by atoms with Crippen molar-refractivity contribution in [2.24, 2.45) is 0 Å². The standard InChI is InChI=1S/C14H18N2O3/c1-3-13-15-11-9-10(14(17)18)5-6-12(11)16(13)7-4-8-19-2/h5-6,9H,3-4,7-8H2,1-2H3,(H,17,18). The highest BCUT2D eigenvalue weighted by atomic mass is 16.5. The van der Waals surface area contributed by atoms with Crippen molar-refractivity contribution in [1.29, 1.82) is 0 Å². The van der Waals surface area contributed by atoms with Crippen LogP contribution in [0.5, 0.6) is 0 Å². The van der Waals surface area contributed by atoms with Crippen molar-refractivity contribution in [1.82, 2.24) is 9.55 Å². The molecule has 0 bridgehead atoms. The van der Waals surface area contributed by atoms with Gasteiger partial charge in [0.05, 0.1) is 16.6 Å². The zero-order valence-electron chi connectivity index (χ0n) is 11.2. The second-order valence-electron chi connectivity index (χ2n) is 4.39. The zero-order chi connectivity index (χ0) is 13.8. The summed E-state index contributed by atoms with van der Waals surface area (Å²) in [6.45, 7) is 3.59. The molecule has 1 aromatic carbocycles. The molecule has 0 amide bonds. The van der Waals surface area contributed by atoms with E-state index >= 15 is 0 Å². The number of fused-ring (bicyclic) bond motifs is 1. The number of benzene rings is 1. The number of nitrogens with zero attached hydrogens (tertiary/aromatic N) is 2. The van der Waals surface area contributed by atoms with Gasteiger partial charge in [0, 0.05) is 26.7 Å². The highest BCUT2D eigenvalue weighted by Gasteiger charge is 2.11. The van der Waals surface area contributed by atoms with Crippen molar-refractivity contribution in [2.45, 2.75) is 26.3 Å². The summed E-state index contributed by atoms with van der Waals surface area (Å²) in [6.07, 6.45) is 1.74. The number of hydrogen-bond donors (Lipinski definition) is 1. The van der Waals surface area contributed by atoms with Gasteiger partial charge in [0.25, 0.3) is 0 Å². The first-order chi connectivity index (χ1) is 9.17. The van der Waals surface area contributed by atoms with Gasteiger partial charge in [-0.1, -0.05) is 6.92 Å². The fourth-order valence-electron chi connectivity index (χ4n) is 2.20. The van der Waals surface area contributed by atoms with Crippen LogP contribution in [0.3, 0.4) is 0 Å². The normalized spacial score (nSPS) is 11.1. The Morgan fingerprint density at radius 2 is 2.26 bits per heavy atom. The quantitative estimate of drug-likeness (QED) is 0.811. The van der Waals surface area contributed by atoms with E-state index < -0.39 is 5.97 Å². The molecule has 0 saturated carbocycles. The van der Waals surface area contributed by atoms with Gasteiger partial charge in [-0.3, -0.25) is 0 Å².